The summed E-state index contributed by atoms with van der Waals surface area (Å²) < 4.78 is 13.0. The van der Waals surface area contributed by atoms with Gasteiger partial charge in [0.05, 0.1) is 0 Å². The molecule has 1 saturated heterocycles. The molecule has 0 spiro atoms. The van der Waals surface area contributed by atoms with Crippen LogP contribution in [0.1, 0.15) is 28.8 Å². The maximum atomic E-state index is 13.0. The van der Waals surface area contributed by atoms with E-state index >= 15 is 0 Å². The van der Waals surface area contributed by atoms with Crippen LogP contribution in [0.4, 0.5) is 14.9 Å². The van der Waals surface area contributed by atoms with Gasteiger partial charge in [-0.05, 0) is 61.2 Å². The highest BCUT2D eigenvalue weighted by Crippen LogP contribution is 2.22. The highest BCUT2D eigenvalue weighted by Gasteiger charge is 2.28. The molecule has 1 aliphatic heterocycles. The SMILES string of the molecule is NC(=O)c1ccc(NC(=O)N2CCCC2Cc2ccc(F)cc2)cc1. The predicted octanol–water partition coefficient (Wildman–Crippen LogP) is 3.16. The molecule has 2 aromatic rings. The molecule has 1 aliphatic rings. The molecule has 1 fully saturated rings. The summed E-state index contributed by atoms with van der Waals surface area (Å²) in [6.45, 7) is 0.692. The van der Waals surface area contributed by atoms with Crippen LogP contribution in [0.15, 0.2) is 48.5 Å². The molecule has 3 N–H and O–H groups in total. The quantitative estimate of drug-likeness (QED) is 0.896. The summed E-state index contributed by atoms with van der Waals surface area (Å²) in [7, 11) is 0. The zero-order valence-electron chi connectivity index (χ0n) is 13.7. The number of nitrogens with one attached hydrogen (secondary N) is 1. The second kappa shape index (κ2) is 7.34. The first-order valence-electron chi connectivity index (χ1n) is 8.25. The molecule has 2 aromatic carbocycles. The maximum absolute atomic E-state index is 13.0. The lowest BCUT2D eigenvalue weighted by Crippen LogP contribution is -2.39. The van der Waals surface area contributed by atoms with Crippen LogP contribution < -0.4 is 11.1 Å². The minimum atomic E-state index is -0.503. The first-order chi connectivity index (χ1) is 12.0. The van der Waals surface area contributed by atoms with Crippen molar-refractivity contribution in [3.8, 4) is 0 Å². The van der Waals surface area contributed by atoms with E-state index in [4.69, 9.17) is 5.73 Å². The fourth-order valence-corrected chi connectivity index (χ4v) is 3.12. The van der Waals surface area contributed by atoms with Crippen molar-refractivity contribution in [2.24, 2.45) is 5.73 Å². The fraction of sp³-hybridized carbons (Fsp3) is 0.263. The van der Waals surface area contributed by atoms with Crippen molar-refractivity contribution < 1.29 is 14.0 Å². The van der Waals surface area contributed by atoms with Gasteiger partial charge >= 0.3 is 6.03 Å². The number of urea groups is 1. The third-order valence-corrected chi connectivity index (χ3v) is 4.44. The highest BCUT2D eigenvalue weighted by atomic mass is 19.1. The van der Waals surface area contributed by atoms with Crippen molar-refractivity contribution in [1.82, 2.24) is 4.90 Å². The zero-order valence-corrected chi connectivity index (χ0v) is 13.7. The molecule has 0 bridgehead atoms. The van der Waals surface area contributed by atoms with Crippen molar-refractivity contribution in [3.63, 3.8) is 0 Å². The number of amides is 3. The number of anilines is 1. The summed E-state index contributed by atoms with van der Waals surface area (Å²) in [5, 5.41) is 2.85. The summed E-state index contributed by atoms with van der Waals surface area (Å²) in [5.74, 6) is -0.763. The lowest BCUT2D eigenvalue weighted by Gasteiger charge is -2.25. The topological polar surface area (TPSA) is 75.4 Å². The monoisotopic (exact) mass is 341 g/mol. The molecule has 130 valence electrons. The standard InChI is InChI=1S/C19H20FN3O2/c20-15-7-3-13(4-8-15)12-17-2-1-11-23(17)19(25)22-16-9-5-14(6-10-16)18(21)24/h3-10,17H,1-2,11-12H2,(H2,21,24)(H,22,25). The Bertz CT molecular complexity index is 759. The van der Waals surface area contributed by atoms with Crippen LogP contribution in [0, 0.1) is 5.82 Å². The van der Waals surface area contributed by atoms with Gasteiger partial charge < -0.3 is 16.0 Å². The van der Waals surface area contributed by atoms with Crippen LogP contribution in [0.25, 0.3) is 0 Å². The van der Waals surface area contributed by atoms with Gasteiger partial charge in [-0.15, -0.1) is 0 Å². The van der Waals surface area contributed by atoms with E-state index in [9.17, 15) is 14.0 Å². The lowest BCUT2D eigenvalue weighted by atomic mass is 10.0. The van der Waals surface area contributed by atoms with E-state index in [1.165, 1.54) is 12.1 Å². The van der Waals surface area contributed by atoms with E-state index < -0.39 is 5.91 Å². The van der Waals surface area contributed by atoms with Gasteiger partial charge in [0, 0.05) is 23.8 Å². The Balaban J connectivity index is 1.63. The zero-order chi connectivity index (χ0) is 17.8. The van der Waals surface area contributed by atoms with Crippen molar-refractivity contribution in [1.29, 1.82) is 0 Å². The van der Waals surface area contributed by atoms with Gasteiger partial charge in [0.25, 0.3) is 0 Å². The molecule has 3 amide bonds. The Labute approximate surface area is 145 Å². The first kappa shape index (κ1) is 17.0. The minimum absolute atomic E-state index is 0.0929. The molecule has 5 nitrogen and oxygen atoms in total. The number of hydrogen-bond acceptors (Lipinski definition) is 2. The summed E-state index contributed by atoms with van der Waals surface area (Å²) in [5.41, 5.74) is 7.23. The molecule has 25 heavy (non-hydrogen) atoms. The summed E-state index contributed by atoms with van der Waals surface area (Å²) in [6, 6.07) is 12.8. The molecule has 1 unspecified atom stereocenters. The molecule has 6 heteroatoms. The van der Waals surface area contributed by atoms with Crippen molar-refractivity contribution in [2.75, 3.05) is 11.9 Å². The Hall–Kier alpha value is -2.89. The number of primary amides is 1. The molecule has 0 aliphatic carbocycles. The van der Waals surface area contributed by atoms with Gasteiger partial charge in [0.2, 0.25) is 5.91 Å². The molecule has 0 aromatic heterocycles. The Morgan fingerprint density at radius 1 is 1.12 bits per heavy atom. The van der Waals surface area contributed by atoms with E-state index in [-0.39, 0.29) is 17.9 Å². The molecule has 3 rings (SSSR count). The second-order valence-corrected chi connectivity index (χ2v) is 6.19. The van der Waals surface area contributed by atoms with Gasteiger partial charge in [-0.2, -0.15) is 0 Å². The number of halogens is 1. The third kappa shape index (κ3) is 4.15. The normalized spacial score (nSPS) is 16.7. The molecule has 0 radical (unpaired) electrons. The molecular formula is C19H20FN3O2. The molecule has 1 heterocycles. The molecule has 1 atom stereocenters. The number of rotatable bonds is 4. The predicted molar refractivity (Wildman–Crippen MR) is 93.8 cm³/mol. The van der Waals surface area contributed by atoms with Crippen LogP contribution in [-0.2, 0) is 6.42 Å². The summed E-state index contributed by atoms with van der Waals surface area (Å²) in [4.78, 5) is 25.4. The van der Waals surface area contributed by atoms with Crippen LogP contribution in [0.3, 0.4) is 0 Å². The van der Waals surface area contributed by atoms with E-state index in [0.717, 1.165) is 18.4 Å². The number of nitrogens with two attached hydrogens (primary N) is 1. The molecular weight excluding hydrogens is 321 g/mol. The largest absolute Gasteiger partial charge is 0.366 e. The number of hydrogen-bond donors (Lipinski definition) is 2. The van der Waals surface area contributed by atoms with Crippen molar-refractivity contribution >= 4 is 17.6 Å². The van der Waals surface area contributed by atoms with Gasteiger partial charge in [0.1, 0.15) is 5.82 Å². The first-order valence-corrected chi connectivity index (χ1v) is 8.25. The van der Waals surface area contributed by atoms with Crippen molar-refractivity contribution in [3.05, 3.63) is 65.5 Å². The van der Waals surface area contributed by atoms with E-state index in [1.54, 1.807) is 36.4 Å². The Morgan fingerprint density at radius 3 is 2.44 bits per heavy atom. The highest BCUT2D eigenvalue weighted by molar-refractivity contribution is 5.94. The minimum Gasteiger partial charge on any atom is -0.366 e. The van der Waals surface area contributed by atoms with E-state index in [2.05, 4.69) is 5.32 Å². The summed E-state index contributed by atoms with van der Waals surface area (Å²) in [6.07, 6.45) is 2.57. The third-order valence-electron chi connectivity index (χ3n) is 4.44. The van der Waals surface area contributed by atoms with E-state index in [0.29, 0.717) is 24.2 Å². The average molecular weight is 341 g/mol. The number of carbonyl (C=O) groups is 2. The summed E-state index contributed by atoms with van der Waals surface area (Å²) >= 11 is 0. The van der Waals surface area contributed by atoms with Gasteiger partial charge in [-0.25, -0.2) is 9.18 Å². The lowest BCUT2D eigenvalue weighted by molar-refractivity contribution is 0.100. The van der Waals surface area contributed by atoms with Crippen LogP contribution >= 0.6 is 0 Å². The van der Waals surface area contributed by atoms with E-state index in [1.807, 2.05) is 4.90 Å². The van der Waals surface area contributed by atoms with Crippen LogP contribution in [0.2, 0.25) is 0 Å². The Kier molecular flexibility index (Phi) is 4.97. The van der Waals surface area contributed by atoms with Crippen LogP contribution in [-0.4, -0.2) is 29.4 Å². The van der Waals surface area contributed by atoms with Gasteiger partial charge in [-0.3, -0.25) is 4.79 Å². The molecule has 0 saturated carbocycles. The van der Waals surface area contributed by atoms with Gasteiger partial charge in [0.15, 0.2) is 0 Å². The second-order valence-electron chi connectivity index (χ2n) is 6.19. The Morgan fingerprint density at radius 2 is 1.80 bits per heavy atom. The van der Waals surface area contributed by atoms with Crippen LogP contribution in [0.5, 0.6) is 0 Å². The average Bonchev–Trinajstić information content (AvgIpc) is 3.05. The smallest absolute Gasteiger partial charge is 0.322 e. The number of carbonyl (C=O) groups excluding carboxylic acids is 2. The number of benzene rings is 2. The number of nitrogens with zero attached hydrogens (tertiary/aromatic N) is 1. The van der Waals surface area contributed by atoms with Gasteiger partial charge in [-0.1, -0.05) is 12.1 Å². The fourth-order valence-electron chi connectivity index (χ4n) is 3.12. The maximum Gasteiger partial charge on any atom is 0.322 e. The van der Waals surface area contributed by atoms with Crippen molar-refractivity contribution in [2.45, 2.75) is 25.3 Å². The number of likely N-dealkylation sites (tertiary alicyclic amines) is 1.